The molecular weight excluding hydrogens is 405 g/mol. The number of halogens is 2. The second-order valence-corrected chi connectivity index (χ2v) is 10.4. The first-order valence-corrected chi connectivity index (χ1v) is 11.5. The molecule has 2 saturated heterocycles. The molecule has 7 nitrogen and oxygen atoms in total. The van der Waals surface area contributed by atoms with Crippen LogP contribution in [0.25, 0.3) is 0 Å². The minimum Gasteiger partial charge on any atom is -0.314 e. The van der Waals surface area contributed by atoms with E-state index in [1.165, 1.54) is 4.31 Å². The Balaban J connectivity index is 0.00000243. The quantitative estimate of drug-likeness (QED) is 0.744. The molecule has 0 spiro atoms. The van der Waals surface area contributed by atoms with Gasteiger partial charge in [0.05, 0.1) is 4.90 Å². The highest BCUT2D eigenvalue weighted by Crippen LogP contribution is 2.26. The number of sulfonamides is 1. The number of piperazine rings is 1. The summed E-state index contributed by atoms with van der Waals surface area (Å²) in [5.74, 6) is -1.04. The first-order chi connectivity index (χ1) is 11.7. The van der Waals surface area contributed by atoms with Crippen molar-refractivity contribution in [3.63, 3.8) is 0 Å². The largest absolute Gasteiger partial charge is 0.314 e. The van der Waals surface area contributed by atoms with Crippen LogP contribution in [0, 0.1) is 5.82 Å². The van der Waals surface area contributed by atoms with Gasteiger partial charge in [0.2, 0.25) is 10.0 Å². The van der Waals surface area contributed by atoms with Crippen LogP contribution in [0.15, 0.2) is 28.0 Å². The van der Waals surface area contributed by atoms with Gasteiger partial charge in [-0.25, -0.2) is 21.2 Å². The Labute approximate surface area is 159 Å². The van der Waals surface area contributed by atoms with E-state index in [1.54, 1.807) is 0 Å². The van der Waals surface area contributed by atoms with Crippen molar-refractivity contribution in [3.05, 3.63) is 24.0 Å². The fourth-order valence-electron chi connectivity index (χ4n) is 3.37. The highest BCUT2D eigenvalue weighted by molar-refractivity contribution is 7.90. The van der Waals surface area contributed by atoms with E-state index < -0.39 is 30.6 Å². The maximum Gasteiger partial charge on any atom is 0.243 e. The highest BCUT2D eigenvalue weighted by Gasteiger charge is 2.36. The van der Waals surface area contributed by atoms with Gasteiger partial charge in [-0.05, 0) is 24.6 Å². The van der Waals surface area contributed by atoms with Gasteiger partial charge < -0.3 is 5.32 Å². The average molecular weight is 428 g/mol. The fourth-order valence-corrected chi connectivity index (χ4v) is 5.60. The van der Waals surface area contributed by atoms with Gasteiger partial charge in [-0.1, -0.05) is 0 Å². The summed E-state index contributed by atoms with van der Waals surface area (Å²) in [6, 6.07) is 3.13. The van der Waals surface area contributed by atoms with Crippen LogP contribution in [0.1, 0.15) is 6.42 Å². The second kappa shape index (κ2) is 8.07. The van der Waals surface area contributed by atoms with Gasteiger partial charge in [-0.3, -0.25) is 4.90 Å². The topological polar surface area (TPSA) is 86.8 Å². The van der Waals surface area contributed by atoms with E-state index in [0.717, 1.165) is 57.1 Å². The lowest BCUT2D eigenvalue weighted by Gasteiger charge is -2.32. The SMILES string of the molecule is CS(=O)(=O)c1ccc(S(=O)(=O)N2CCC(N3CCNCC3)C2)cc1F.Cl. The van der Waals surface area contributed by atoms with Crippen molar-refractivity contribution >= 4 is 32.3 Å². The molecule has 0 aliphatic carbocycles. The van der Waals surface area contributed by atoms with Crippen LogP contribution in [0.2, 0.25) is 0 Å². The third-order valence-corrected chi connectivity index (χ3v) is 7.73. The molecule has 2 fully saturated rings. The maximum atomic E-state index is 14.1. The van der Waals surface area contributed by atoms with Crippen LogP contribution in [-0.4, -0.2) is 77.6 Å². The van der Waals surface area contributed by atoms with Crippen LogP contribution in [0.3, 0.4) is 0 Å². The summed E-state index contributed by atoms with van der Waals surface area (Å²) in [5.41, 5.74) is 0. The molecule has 1 N–H and O–H groups in total. The summed E-state index contributed by atoms with van der Waals surface area (Å²) in [4.78, 5) is 1.57. The van der Waals surface area contributed by atoms with E-state index in [-0.39, 0.29) is 23.3 Å². The Morgan fingerprint density at radius 1 is 1.12 bits per heavy atom. The Morgan fingerprint density at radius 3 is 2.35 bits per heavy atom. The van der Waals surface area contributed by atoms with Crippen LogP contribution >= 0.6 is 12.4 Å². The molecule has 1 unspecified atom stereocenters. The van der Waals surface area contributed by atoms with E-state index in [9.17, 15) is 21.2 Å². The lowest BCUT2D eigenvalue weighted by atomic mass is 10.2. The van der Waals surface area contributed by atoms with Gasteiger partial charge in [0.15, 0.2) is 9.84 Å². The molecule has 0 saturated carbocycles. The van der Waals surface area contributed by atoms with E-state index in [2.05, 4.69) is 10.2 Å². The molecule has 2 aliphatic heterocycles. The smallest absolute Gasteiger partial charge is 0.243 e. The molecule has 0 amide bonds. The second-order valence-electron chi connectivity index (χ2n) is 6.46. The molecule has 2 aliphatic rings. The molecule has 0 aromatic heterocycles. The van der Waals surface area contributed by atoms with E-state index in [0.29, 0.717) is 13.1 Å². The van der Waals surface area contributed by atoms with Crippen LogP contribution in [0.4, 0.5) is 4.39 Å². The lowest BCUT2D eigenvalue weighted by molar-refractivity contribution is 0.179. The lowest BCUT2D eigenvalue weighted by Crippen LogP contribution is -2.49. The summed E-state index contributed by atoms with van der Waals surface area (Å²) in [6.07, 6.45) is 1.63. The Bertz CT molecular complexity index is 858. The number of nitrogens with one attached hydrogen (secondary N) is 1. The van der Waals surface area contributed by atoms with Crippen molar-refractivity contribution < 1.29 is 21.2 Å². The van der Waals surface area contributed by atoms with Crippen LogP contribution in [0.5, 0.6) is 0 Å². The number of hydrogen-bond acceptors (Lipinski definition) is 6. The summed E-state index contributed by atoms with van der Waals surface area (Å²) < 4.78 is 63.9. The zero-order valence-corrected chi connectivity index (χ0v) is 16.8. The van der Waals surface area contributed by atoms with E-state index in [4.69, 9.17) is 0 Å². The van der Waals surface area contributed by atoms with Gasteiger partial charge in [-0.15, -0.1) is 12.4 Å². The van der Waals surface area contributed by atoms with Crippen molar-refractivity contribution in [2.45, 2.75) is 22.3 Å². The highest BCUT2D eigenvalue weighted by atomic mass is 35.5. The minimum atomic E-state index is -3.84. The van der Waals surface area contributed by atoms with Crippen molar-refractivity contribution in [1.82, 2.24) is 14.5 Å². The van der Waals surface area contributed by atoms with E-state index >= 15 is 0 Å². The summed E-state index contributed by atoms with van der Waals surface area (Å²) in [6.45, 7) is 4.31. The van der Waals surface area contributed by atoms with Gasteiger partial charge >= 0.3 is 0 Å². The third-order valence-electron chi connectivity index (χ3n) is 4.73. The van der Waals surface area contributed by atoms with Crippen molar-refractivity contribution in [2.75, 3.05) is 45.5 Å². The first-order valence-electron chi connectivity index (χ1n) is 8.14. The molecule has 1 atom stereocenters. The van der Waals surface area contributed by atoms with E-state index in [1.807, 2.05) is 0 Å². The molecule has 148 valence electrons. The number of sulfone groups is 1. The molecule has 1 aromatic carbocycles. The molecule has 1 aromatic rings. The number of benzene rings is 1. The fraction of sp³-hybridized carbons (Fsp3) is 0.600. The summed E-state index contributed by atoms with van der Waals surface area (Å²) in [7, 11) is -7.57. The zero-order chi connectivity index (χ0) is 18.2. The molecule has 0 bridgehead atoms. The Morgan fingerprint density at radius 2 is 1.77 bits per heavy atom. The van der Waals surface area contributed by atoms with Gasteiger partial charge in [0.1, 0.15) is 10.7 Å². The Hall–Kier alpha value is -0.780. The number of hydrogen-bond donors (Lipinski definition) is 1. The van der Waals surface area contributed by atoms with Crippen molar-refractivity contribution in [3.8, 4) is 0 Å². The summed E-state index contributed by atoms with van der Waals surface area (Å²) >= 11 is 0. The average Bonchev–Trinajstić information content (AvgIpc) is 3.05. The number of nitrogens with zero attached hydrogens (tertiary/aromatic N) is 2. The molecule has 3 rings (SSSR count). The molecular formula is C15H23ClFN3O4S2. The van der Waals surface area contributed by atoms with Crippen LogP contribution < -0.4 is 5.32 Å². The zero-order valence-electron chi connectivity index (χ0n) is 14.4. The summed E-state index contributed by atoms with van der Waals surface area (Å²) in [5, 5.41) is 3.26. The first kappa shape index (κ1) is 21.5. The predicted octanol–water partition coefficient (Wildman–Crippen LogP) is 0.319. The monoisotopic (exact) mass is 427 g/mol. The standard InChI is InChI=1S/C15H22FN3O4S2.ClH/c1-24(20,21)15-3-2-13(10-14(15)16)25(22,23)19-7-4-12(11-19)18-8-5-17-6-9-18;/h2-3,10,12,17H,4-9,11H2,1H3;1H. The van der Waals surface area contributed by atoms with Gasteiger partial charge in [0.25, 0.3) is 0 Å². The number of rotatable bonds is 4. The maximum absolute atomic E-state index is 14.1. The minimum absolute atomic E-state index is 0. The Kier molecular flexibility index (Phi) is 6.68. The third kappa shape index (κ3) is 4.37. The predicted molar refractivity (Wildman–Crippen MR) is 98.4 cm³/mol. The molecule has 26 heavy (non-hydrogen) atoms. The van der Waals surface area contributed by atoms with Gasteiger partial charge in [-0.2, -0.15) is 4.31 Å². The van der Waals surface area contributed by atoms with Gasteiger partial charge in [0, 0.05) is 51.6 Å². The molecule has 11 heteroatoms. The van der Waals surface area contributed by atoms with Crippen molar-refractivity contribution in [2.24, 2.45) is 0 Å². The molecule has 0 radical (unpaired) electrons. The molecule has 2 heterocycles. The van der Waals surface area contributed by atoms with Crippen LogP contribution in [-0.2, 0) is 19.9 Å². The normalized spacial score (nSPS) is 22.9. The van der Waals surface area contributed by atoms with Crippen molar-refractivity contribution in [1.29, 1.82) is 0 Å².